The molecule has 1 saturated heterocycles. The molecule has 0 saturated carbocycles. The Morgan fingerprint density at radius 1 is 1.11 bits per heavy atom. The van der Waals surface area contributed by atoms with Gasteiger partial charge in [0.25, 0.3) is 11.6 Å². The molecule has 0 radical (unpaired) electrons. The Labute approximate surface area is 167 Å². The van der Waals surface area contributed by atoms with E-state index in [1.165, 1.54) is 41.2 Å². The van der Waals surface area contributed by atoms with Crippen molar-refractivity contribution in [3.63, 3.8) is 0 Å². The lowest BCUT2D eigenvalue weighted by Crippen LogP contribution is -2.23. The zero-order chi connectivity index (χ0) is 19.5. The van der Waals surface area contributed by atoms with Gasteiger partial charge in [-0.2, -0.15) is 0 Å². The summed E-state index contributed by atoms with van der Waals surface area (Å²) in [7, 11) is 0. The number of carbonyl (C=O) groups is 1. The number of non-ortho nitro benzene ring substituents is 1. The molecule has 2 aliphatic rings. The fourth-order valence-corrected chi connectivity index (χ4v) is 5.02. The second-order valence-corrected chi connectivity index (χ2v) is 8.49. The first-order valence-corrected chi connectivity index (χ1v) is 10.8. The lowest BCUT2D eigenvalue weighted by molar-refractivity contribution is -0.384. The van der Waals surface area contributed by atoms with Gasteiger partial charge in [-0.1, -0.05) is 12.8 Å². The van der Waals surface area contributed by atoms with E-state index in [9.17, 15) is 14.9 Å². The Balaban J connectivity index is 1.61. The van der Waals surface area contributed by atoms with E-state index in [0.29, 0.717) is 10.7 Å². The summed E-state index contributed by atoms with van der Waals surface area (Å²) in [5.74, 6) is -0.327. The van der Waals surface area contributed by atoms with Gasteiger partial charge in [-0.15, -0.1) is 11.3 Å². The van der Waals surface area contributed by atoms with Crippen molar-refractivity contribution in [2.75, 3.05) is 23.3 Å². The van der Waals surface area contributed by atoms with E-state index in [0.717, 1.165) is 63.0 Å². The van der Waals surface area contributed by atoms with E-state index in [1.807, 2.05) is 0 Å². The quantitative estimate of drug-likeness (QED) is 0.600. The van der Waals surface area contributed by atoms with Gasteiger partial charge < -0.3 is 4.90 Å². The fourth-order valence-electron chi connectivity index (χ4n) is 3.98. The molecule has 0 bridgehead atoms. The molecule has 1 aliphatic carbocycles. The molecule has 2 heterocycles. The summed E-state index contributed by atoms with van der Waals surface area (Å²) in [5, 5.41) is 14.7. The number of hydrogen-bond acceptors (Lipinski definition) is 6. The molecule has 1 aliphatic heterocycles. The van der Waals surface area contributed by atoms with Gasteiger partial charge in [0.1, 0.15) is 0 Å². The predicted molar refractivity (Wildman–Crippen MR) is 110 cm³/mol. The molecule has 1 aromatic carbocycles. The topological polar surface area (TPSA) is 88.4 Å². The van der Waals surface area contributed by atoms with Crippen LogP contribution >= 0.6 is 11.3 Å². The van der Waals surface area contributed by atoms with Crippen LogP contribution in [0.4, 0.5) is 16.5 Å². The van der Waals surface area contributed by atoms with Gasteiger partial charge in [-0.25, -0.2) is 4.98 Å². The van der Waals surface area contributed by atoms with Gasteiger partial charge in [0.05, 0.1) is 21.9 Å². The maximum atomic E-state index is 13.0. The zero-order valence-electron chi connectivity index (χ0n) is 15.8. The summed E-state index contributed by atoms with van der Waals surface area (Å²) in [6.07, 6.45) is 8.86. The van der Waals surface area contributed by atoms with Gasteiger partial charge in [-0.3, -0.25) is 20.2 Å². The number of nitrogens with one attached hydrogen (secondary N) is 1. The lowest BCUT2D eigenvalue weighted by atomic mass is 10.0. The van der Waals surface area contributed by atoms with Crippen molar-refractivity contribution in [2.24, 2.45) is 0 Å². The second-order valence-electron chi connectivity index (χ2n) is 7.41. The molecule has 0 spiro atoms. The number of anilines is 2. The van der Waals surface area contributed by atoms with Crippen LogP contribution in [0.15, 0.2) is 18.2 Å². The number of rotatable bonds is 4. The van der Waals surface area contributed by atoms with Crippen LogP contribution in [0.3, 0.4) is 0 Å². The number of carbonyl (C=O) groups excluding carboxylic acids is 1. The van der Waals surface area contributed by atoms with Crippen molar-refractivity contribution in [2.45, 2.75) is 51.4 Å². The SMILES string of the molecule is O=C(Nc1nc2c(s1)CCCCCC2)c1cc([N+](=O)[O-])ccc1N1CCCC1. The van der Waals surface area contributed by atoms with Crippen LogP contribution in [0.1, 0.15) is 59.5 Å². The van der Waals surface area contributed by atoms with E-state index in [2.05, 4.69) is 15.2 Å². The molecule has 1 aromatic heterocycles. The average molecular weight is 401 g/mol. The van der Waals surface area contributed by atoms with Gasteiger partial charge in [0.2, 0.25) is 0 Å². The standard InChI is InChI=1S/C20H24N4O3S/c25-19(22-20-21-16-7-3-1-2-4-8-18(16)28-20)15-13-14(24(26)27)9-10-17(15)23-11-5-6-12-23/h9-10,13H,1-8,11-12H2,(H,21,22,25). The molecule has 148 valence electrons. The third-order valence-corrected chi connectivity index (χ3v) is 6.52. The number of aryl methyl sites for hydroxylation is 2. The molecule has 7 nitrogen and oxygen atoms in total. The summed E-state index contributed by atoms with van der Waals surface area (Å²) in [6, 6.07) is 4.55. The Morgan fingerprint density at radius 3 is 2.61 bits per heavy atom. The summed E-state index contributed by atoms with van der Waals surface area (Å²) >= 11 is 1.54. The van der Waals surface area contributed by atoms with Crippen LogP contribution < -0.4 is 10.2 Å². The molecular weight excluding hydrogens is 376 g/mol. The predicted octanol–water partition coefficient (Wildman–Crippen LogP) is 4.56. The van der Waals surface area contributed by atoms with E-state index in [1.54, 1.807) is 6.07 Å². The highest BCUT2D eigenvalue weighted by Crippen LogP contribution is 2.31. The molecule has 8 heteroatoms. The number of aromatic nitrogens is 1. The Morgan fingerprint density at radius 2 is 1.86 bits per heavy atom. The first-order valence-electron chi connectivity index (χ1n) is 9.95. The van der Waals surface area contributed by atoms with Gasteiger partial charge in [0.15, 0.2) is 5.13 Å². The molecule has 0 unspecified atom stereocenters. The zero-order valence-corrected chi connectivity index (χ0v) is 16.6. The first kappa shape index (κ1) is 18.9. The van der Waals surface area contributed by atoms with E-state index >= 15 is 0 Å². The van der Waals surface area contributed by atoms with Crippen LogP contribution in [0.2, 0.25) is 0 Å². The summed E-state index contributed by atoms with van der Waals surface area (Å²) in [5.41, 5.74) is 2.13. The highest BCUT2D eigenvalue weighted by atomic mass is 32.1. The number of nitro groups is 1. The number of thiazole rings is 1. The Bertz CT molecular complexity index is 864. The number of amides is 1. The Hall–Kier alpha value is -2.48. The smallest absolute Gasteiger partial charge is 0.270 e. The maximum absolute atomic E-state index is 13.0. The fraction of sp³-hybridized carbons (Fsp3) is 0.500. The molecule has 1 fully saturated rings. The normalized spacial score (nSPS) is 16.9. The average Bonchev–Trinajstić information content (AvgIpc) is 3.31. The highest BCUT2D eigenvalue weighted by Gasteiger charge is 2.24. The molecule has 1 amide bonds. The third kappa shape index (κ3) is 4.01. The van der Waals surface area contributed by atoms with Crippen molar-refractivity contribution in [1.29, 1.82) is 0 Å². The van der Waals surface area contributed by atoms with E-state index < -0.39 is 4.92 Å². The van der Waals surface area contributed by atoms with E-state index in [4.69, 9.17) is 0 Å². The van der Waals surface area contributed by atoms with Crippen LogP contribution in [0.25, 0.3) is 0 Å². The summed E-state index contributed by atoms with van der Waals surface area (Å²) in [4.78, 5) is 31.8. The number of nitro benzene ring substituents is 1. The molecule has 2 aromatic rings. The maximum Gasteiger partial charge on any atom is 0.270 e. The minimum atomic E-state index is -0.459. The second kappa shape index (κ2) is 8.26. The van der Waals surface area contributed by atoms with Crippen molar-refractivity contribution >= 4 is 33.8 Å². The monoisotopic (exact) mass is 400 g/mol. The largest absolute Gasteiger partial charge is 0.371 e. The van der Waals surface area contributed by atoms with Crippen molar-refractivity contribution in [3.05, 3.63) is 44.4 Å². The third-order valence-electron chi connectivity index (χ3n) is 5.45. The van der Waals surface area contributed by atoms with E-state index in [-0.39, 0.29) is 11.6 Å². The minimum Gasteiger partial charge on any atom is -0.371 e. The first-order chi connectivity index (χ1) is 13.6. The van der Waals surface area contributed by atoms with Crippen molar-refractivity contribution in [1.82, 2.24) is 4.98 Å². The summed E-state index contributed by atoms with van der Waals surface area (Å²) < 4.78 is 0. The molecule has 28 heavy (non-hydrogen) atoms. The summed E-state index contributed by atoms with van der Waals surface area (Å²) in [6.45, 7) is 1.73. The highest BCUT2D eigenvalue weighted by molar-refractivity contribution is 7.15. The number of benzene rings is 1. The number of nitrogens with zero attached hydrogens (tertiary/aromatic N) is 3. The molecule has 4 rings (SSSR count). The molecular formula is C20H24N4O3S. The van der Waals surface area contributed by atoms with Gasteiger partial charge in [0, 0.05) is 30.1 Å². The molecule has 0 atom stereocenters. The van der Waals surface area contributed by atoms with Gasteiger partial charge in [-0.05, 0) is 44.6 Å². The van der Waals surface area contributed by atoms with Crippen LogP contribution in [0.5, 0.6) is 0 Å². The van der Waals surface area contributed by atoms with Gasteiger partial charge >= 0.3 is 0 Å². The minimum absolute atomic E-state index is 0.0699. The van der Waals surface area contributed by atoms with Crippen LogP contribution in [0, 0.1) is 10.1 Å². The Kier molecular flexibility index (Phi) is 5.57. The molecule has 1 N–H and O–H groups in total. The van der Waals surface area contributed by atoms with Crippen LogP contribution in [-0.2, 0) is 12.8 Å². The van der Waals surface area contributed by atoms with Crippen LogP contribution in [-0.4, -0.2) is 28.9 Å². The number of hydrogen-bond donors (Lipinski definition) is 1. The lowest BCUT2D eigenvalue weighted by Gasteiger charge is -2.20. The van der Waals surface area contributed by atoms with Crippen molar-refractivity contribution < 1.29 is 9.72 Å². The number of fused-ring (bicyclic) bond motifs is 1. The van der Waals surface area contributed by atoms with Crippen molar-refractivity contribution in [3.8, 4) is 0 Å².